The molecule has 0 fully saturated rings. The fourth-order valence-electron chi connectivity index (χ4n) is 1.43. The molecule has 0 aliphatic carbocycles. The third-order valence-electron chi connectivity index (χ3n) is 2.66. The van der Waals surface area contributed by atoms with E-state index in [0.717, 1.165) is 5.69 Å². The van der Waals surface area contributed by atoms with E-state index in [2.05, 4.69) is 6.58 Å². The lowest BCUT2D eigenvalue weighted by Crippen LogP contribution is -2.11. The molecule has 0 aliphatic heterocycles. The minimum atomic E-state index is -0.417. The van der Waals surface area contributed by atoms with Crippen LogP contribution in [0.5, 0.6) is 0 Å². The SMILES string of the molecule is C=C(C)C(=O)CCOC(=O)c1ccc(N(C)C)cc1. The molecular weight excluding hydrogens is 242 g/mol. The maximum atomic E-state index is 11.7. The Labute approximate surface area is 113 Å². The van der Waals surface area contributed by atoms with Crippen LogP contribution in [0.25, 0.3) is 0 Å². The summed E-state index contributed by atoms with van der Waals surface area (Å²) in [7, 11) is 3.85. The van der Waals surface area contributed by atoms with Crippen molar-refractivity contribution >= 4 is 17.4 Å². The first kappa shape index (κ1) is 15.0. The highest BCUT2D eigenvalue weighted by molar-refractivity contribution is 5.94. The Bertz CT molecular complexity index is 475. The van der Waals surface area contributed by atoms with Crippen molar-refractivity contribution in [2.24, 2.45) is 0 Å². The molecule has 0 N–H and O–H groups in total. The van der Waals surface area contributed by atoms with Crippen LogP contribution in [0, 0.1) is 0 Å². The Kier molecular flexibility index (Phi) is 5.30. The molecule has 0 saturated heterocycles. The summed E-state index contributed by atoms with van der Waals surface area (Å²) in [4.78, 5) is 24.9. The summed E-state index contributed by atoms with van der Waals surface area (Å²) in [5.74, 6) is -0.504. The zero-order valence-corrected chi connectivity index (χ0v) is 11.6. The molecule has 0 amide bonds. The molecule has 0 radical (unpaired) electrons. The van der Waals surface area contributed by atoms with Crippen molar-refractivity contribution in [3.8, 4) is 0 Å². The van der Waals surface area contributed by atoms with Gasteiger partial charge in [-0.2, -0.15) is 0 Å². The number of ether oxygens (including phenoxy) is 1. The number of hydrogen-bond donors (Lipinski definition) is 0. The van der Waals surface area contributed by atoms with Crippen LogP contribution in [-0.2, 0) is 9.53 Å². The Morgan fingerprint density at radius 3 is 2.26 bits per heavy atom. The predicted molar refractivity (Wildman–Crippen MR) is 75.5 cm³/mol. The number of nitrogens with zero attached hydrogens (tertiary/aromatic N) is 1. The zero-order chi connectivity index (χ0) is 14.4. The van der Waals surface area contributed by atoms with E-state index in [-0.39, 0.29) is 18.8 Å². The fourth-order valence-corrected chi connectivity index (χ4v) is 1.43. The fraction of sp³-hybridized carbons (Fsp3) is 0.333. The molecule has 4 heteroatoms. The highest BCUT2D eigenvalue weighted by atomic mass is 16.5. The molecule has 0 unspecified atom stereocenters. The first-order chi connectivity index (χ1) is 8.91. The first-order valence-corrected chi connectivity index (χ1v) is 6.05. The molecule has 1 aromatic carbocycles. The summed E-state index contributed by atoms with van der Waals surface area (Å²) in [5, 5.41) is 0. The molecular formula is C15H19NO3. The highest BCUT2D eigenvalue weighted by Gasteiger charge is 2.09. The van der Waals surface area contributed by atoms with E-state index in [1.54, 1.807) is 19.1 Å². The van der Waals surface area contributed by atoms with E-state index < -0.39 is 5.97 Å². The van der Waals surface area contributed by atoms with Crippen molar-refractivity contribution in [2.45, 2.75) is 13.3 Å². The summed E-state index contributed by atoms with van der Waals surface area (Å²) in [6.07, 6.45) is 0.177. The average Bonchev–Trinajstić information content (AvgIpc) is 2.38. The van der Waals surface area contributed by atoms with Crippen LogP contribution in [-0.4, -0.2) is 32.5 Å². The maximum Gasteiger partial charge on any atom is 0.338 e. The smallest absolute Gasteiger partial charge is 0.338 e. The third kappa shape index (κ3) is 4.58. The van der Waals surface area contributed by atoms with Crippen molar-refractivity contribution in [1.29, 1.82) is 0 Å². The van der Waals surface area contributed by atoms with Gasteiger partial charge >= 0.3 is 5.97 Å². The highest BCUT2D eigenvalue weighted by Crippen LogP contribution is 2.13. The normalized spacial score (nSPS) is 9.84. The minimum absolute atomic E-state index is 0.0833. The van der Waals surface area contributed by atoms with Crippen molar-refractivity contribution < 1.29 is 14.3 Å². The summed E-state index contributed by atoms with van der Waals surface area (Å²) < 4.78 is 5.03. The lowest BCUT2D eigenvalue weighted by Gasteiger charge is -2.12. The van der Waals surface area contributed by atoms with Crippen molar-refractivity contribution in [3.63, 3.8) is 0 Å². The molecule has 19 heavy (non-hydrogen) atoms. The number of benzene rings is 1. The largest absolute Gasteiger partial charge is 0.462 e. The molecule has 0 spiro atoms. The van der Waals surface area contributed by atoms with Gasteiger partial charge in [-0.3, -0.25) is 4.79 Å². The Hall–Kier alpha value is -2.10. The number of ketones is 1. The van der Waals surface area contributed by atoms with Gasteiger partial charge in [-0.25, -0.2) is 4.79 Å². The number of carbonyl (C=O) groups is 2. The van der Waals surface area contributed by atoms with E-state index in [0.29, 0.717) is 11.1 Å². The number of rotatable bonds is 6. The number of carbonyl (C=O) groups excluding carboxylic acids is 2. The van der Waals surface area contributed by atoms with E-state index in [1.165, 1.54) is 0 Å². The van der Waals surface area contributed by atoms with E-state index in [4.69, 9.17) is 4.74 Å². The standard InChI is InChI=1S/C15H19NO3/c1-11(2)14(17)9-10-19-15(18)12-5-7-13(8-6-12)16(3)4/h5-8H,1,9-10H2,2-4H3. The second-order valence-corrected chi connectivity index (χ2v) is 4.53. The van der Waals surface area contributed by atoms with Crippen LogP contribution in [0.1, 0.15) is 23.7 Å². The van der Waals surface area contributed by atoms with Crippen molar-refractivity contribution in [2.75, 3.05) is 25.6 Å². The van der Waals surface area contributed by atoms with Crippen molar-refractivity contribution in [3.05, 3.63) is 42.0 Å². The number of allylic oxidation sites excluding steroid dienone is 1. The van der Waals surface area contributed by atoms with Gasteiger partial charge in [0.25, 0.3) is 0 Å². The van der Waals surface area contributed by atoms with Gasteiger partial charge in [-0.05, 0) is 36.8 Å². The van der Waals surface area contributed by atoms with Crippen LogP contribution in [0.3, 0.4) is 0 Å². The molecule has 102 valence electrons. The molecule has 0 atom stereocenters. The van der Waals surface area contributed by atoms with Gasteiger partial charge in [0, 0.05) is 26.2 Å². The Morgan fingerprint density at radius 2 is 1.79 bits per heavy atom. The summed E-state index contributed by atoms with van der Waals surface area (Å²) in [5.41, 5.74) is 1.97. The van der Waals surface area contributed by atoms with Gasteiger partial charge in [0.15, 0.2) is 5.78 Å². The van der Waals surface area contributed by atoms with Crippen LogP contribution in [0.2, 0.25) is 0 Å². The van der Waals surface area contributed by atoms with Crippen LogP contribution < -0.4 is 4.90 Å². The Balaban J connectivity index is 2.50. The molecule has 4 nitrogen and oxygen atoms in total. The summed E-state index contributed by atoms with van der Waals surface area (Å²) >= 11 is 0. The molecule has 0 heterocycles. The van der Waals surface area contributed by atoms with E-state index in [1.807, 2.05) is 31.1 Å². The van der Waals surface area contributed by atoms with E-state index >= 15 is 0 Å². The summed E-state index contributed by atoms with van der Waals surface area (Å²) in [6.45, 7) is 5.27. The minimum Gasteiger partial charge on any atom is -0.462 e. The van der Waals surface area contributed by atoms with Crippen LogP contribution in [0.4, 0.5) is 5.69 Å². The predicted octanol–water partition coefficient (Wildman–Crippen LogP) is 2.44. The first-order valence-electron chi connectivity index (χ1n) is 6.05. The number of hydrogen-bond acceptors (Lipinski definition) is 4. The Morgan fingerprint density at radius 1 is 1.21 bits per heavy atom. The lowest BCUT2D eigenvalue weighted by molar-refractivity contribution is -0.116. The zero-order valence-electron chi connectivity index (χ0n) is 11.6. The molecule has 0 saturated carbocycles. The van der Waals surface area contributed by atoms with Gasteiger partial charge in [0.05, 0.1) is 12.2 Å². The van der Waals surface area contributed by atoms with Gasteiger partial charge in [0.1, 0.15) is 0 Å². The second-order valence-electron chi connectivity index (χ2n) is 4.53. The third-order valence-corrected chi connectivity index (χ3v) is 2.66. The monoisotopic (exact) mass is 261 g/mol. The van der Waals surface area contributed by atoms with E-state index in [9.17, 15) is 9.59 Å². The molecule has 0 aliphatic rings. The quantitative estimate of drug-likeness (QED) is 0.583. The average molecular weight is 261 g/mol. The molecule has 1 aromatic rings. The molecule has 0 bridgehead atoms. The lowest BCUT2D eigenvalue weighted by atomic mass is 10.2. The van der Waals surface area contributed by atoms with Gasteiger partial charge in [-0.15, -0.1) is 0 Å². The number of anilines is 1. The number of esters is 1. The van der Waals surface area contributed by atoms with Gasteiger partial charge in [-0.1, -0.05) is 6.58 Å². The number of Topliss-reactive ketones (excluding diaryl/α,β-unsaturated/α-hetero) is 1. The van der Waals surface area contributed by atoms with Gasteiger partial charge in [0.2, 0.25) is 0 Å². The topological polar surface area (TPSA) is 46.6 Å². The van der Waals surface area contributed by atoms with Crippen LogP contribution in [0.15, 0.2) is 36.4 Å². The van der Waals surface area contributed by atoms with Crippen molar-refractivity contribution in [1.82, 2.24) is 0 Å². The molecule has 0 aromatic heterocycles. The molecule has 1 rings (SSSR count). The van der Waals surface area contributed by atoms with Crippen LogP contribution >= 0.6 is 0 Å². The second kappa shape index (κ2) is 6.73. The summed E-state index contributed by atoms with van der Waals surface area (Å²) in [6, 6.07) is 7.10. The maximum absolute atomic E-state index is 11.7. The van der Waals surface area contributed by atoms with Gasteiger partial charge < -0.3 is 9.64 Å².